The molecule has 0 bridgehead atoms. The number of hydrogen-bond acceptors (Lipinski definition) is 5. The molecule has 126 valence electrons. The molecule has 0 heterocycles. The van der Waals surface area contributed by atoms with Crippen LogP contribution in [0.25, 0.3) is 0 Å². The first kappa shape index (κ1) is 17.3. The van der Waals surface area contributed by atoms with Crippen molar-refractivity contribution >= 4 is 11.6 Å². The highest BCUT2D eigenvalue weighted by Gasteiger charge is 2.16. The Morgan fingerprint density at radius 1 is 1.12 bits per heavy atom. The lowest BCUT2D eigenvalue weighted by Gasteiger charge is -2.19. The fourth-order valence-corrected chi connectivity index (χ4v) is 2.26. The summed E-state index contributed by atoms with van der Waals surface area (Å²) in [6.45, 7) is 0.336. The van der Waals surface area contributed by atoms with Gasteiger partial charge in [0.15, 0.2) is 0 Å². The number of carbonyl (C=O) groups excluding carboxylic acids is 1. The Morgan fingerprint density at radius 3 is 2.33 bits per heavy atom. The van der Waals surface area contributed by atoms with E-state index < -0.39 is 4.92 Å². The minimum atomic E-state index is -0.500. The van der Waals surface area contributed by atoms with Crippen LogP contribution in [0.2, 0.25) is 0 Å². The number of benzene rings is 2. The fraction of sp³-hybridized carbons (Fsp3) is 0.235. The van der Waals surface area contributed by atoms with Gasteiger partial charge in [-0.2, -0.15) is 0 Å². The van der Waals surface area contributed by atoms with E-state index in [1.54, 1.807) is 33.4 Å². The second kappa shape index (κ2) is 7.45. The van der Waals surface area contributed by atoms with Gasteiger partial charge in [0.25, 0.3) is 11.6 Å². The van der Waals surface area contributed by atoms with Gasteiger partial charge in [-0.05, 0) is 24.3 Å². The van der Waals surface area contributed by atoms with Crippen molar-refractivity contribution in [1.82, 2.24) is 4.90 Å². The van der Waals surface area contributed by atoms with Crippen molar-refractivity contribution < 1.29 is 19.2 Å². The third-order valence-electron chi connectivity index (χ3n) is 3.57. The van der Waals surface area contributed by atoms with Crippen molar-refractivity contribution in [2.24, 2.45) is 0 Å². The normalized spacial score (nSPS) is 10.1. The molecule has 0 saturated carbocycles. The smallest absolute Gasteiger partial charge is 0.269 e. The Kier molecular flexibility index (Phi) is 5.36. The topological polar surface area (TPSA) is 81.9 Å². The van der Waals surface area contributed by atoms with E-state index in [0.717, 1.165) is 5.56 Å². The van der Waals surface area contributed by atoms with E-state index in [1.807, 2.05) is 6.07 Å². The first-order valence-electron chi connectivity index (χ1n) is 7.17. The van der Waals surface area contributed by atoms with Gasteiger partial charge in [-0.3, -0.25) is 14.9 Å². The summed E-state index contributed by atoms with van der Waals surface area (Å²) in [5.41, 5.74) is 1.16. The number of methoxy groups -OCH3 is 2. The molecule has 0 N–H and O–H groups in total. The van der Waals surface area contributed by atoms with Crippen molar-refractivity contribution in [3.8, 4) is 11.5 Å². The largest absolute Gasteiger partial charge is 0.497 e. The standard InChI is InChI=1S/C17H18N2O5/c1-18(11-13-6-9-15(23-2)10-16(13)24-3)17(20)12-4-7-14(8-5-12)19(21)22/h4-10H,11H2,1-3H3. The van der Waals surface area contributed by atoms with Crippen molar-refractivity contribution in [2.45, 2.75) is 6.54 Å². The van der Waals surface area contributed by atoms with E-state index in [9.17, 15) is 14.9 Å². The summed E-state index contributed by atoms with van der Waals surface area (Å²) >= 11 is 0. The minimum Gasteiger partial charge on any atom is -0.497 e. The van der Waals surface area contributed by atoms with Crippen LogP contribution in [0.1, 0.15) is 15.9 Å². The molecule has 0 aliphatic rings. The zero-order valence-electron chi connectivity index (χ0n) is 13.7. The molecule has 0 aromatic heterocycles. The van der Waals surface area contributed by atoms with Gasteiger partial charge in [-0.25, -0.2) is 0 Å². The summed E-state index contributed by atoms with van der Waals surface area (Å²) < 4.78 is 10.5. The highest BCUT2D eigenvalue weighted by molar-refractivity contribution is 5.94. The quantitative estimate of drug-likeness (QED) is 0.601. The lowest BCUT2D eigenvalue weighted by molar-refractivity contribution is -0.384. The van der Waals surface area contributed by atoms with E-state index in [-0.39, 0.29) is 11.6 Å². The Hall–Kier alpha value is -3.09. The fourth-order valence-electron chi connectivity index (χ4n) is 2.26. The SMILES string of the molecule is COc1ccc(CN(C)C(=O)c2ccc([N+](=O)[O-])cc2)c(OC)c1. The van der Waals surface area contributed by atoms with E-state index in [1.165, 1.54) is 29.2 Å². The monoisotopic (exact) mass is 330 g/mol. The number of rotatable bonds is 6. The predicted molar refractivity (Wildman–Crippen MR) is 88.4 cm³/mol. The molecule has 0 unspecified atom stereocenters. The first-order chi connectivity index (χ1) is 11.5. The van der Waals surface area contributed by atoms with Crippen molar-refractivity contribution in [2.75, 3.05) is 21.3 Å². The number of carbonyl (C=O) groups is 1. The highest BCUT2D eigenvalue weighted by atomic mass is 16.6. The Labute approximate surface area is 139 Å². The summed E-state index contributed by atoms with van der Waals surface area (Å²) in [5.74, 6) is 1.06. The Bertz CT molecular complexity index is 743. The second-order valence-corrected chi connectivity index (χ2v) is 5.14. The van der Waals surface area contributed by atoms with Crippen LogP contribution in [-0.2, 0) is 6.54 Å². The summed E-state index contributed by atoms with van der Waals surface area (Å²) in [4.78, 5) is 24.1. The lowest BCUT2D eigenvalue weighted by atomic mass is 10.1. The van der Waals surface area contributed by atoms with Crippen LogP contribution in [-0.4, -0.2) is 37.0 Å². The second-order valence-electron chi connectivity index (χ2n) is 5.14. The van der Waals surface area contributed by atoms with Crippen LogP contribution in [0.4, 0.5) is 5.69 Å². The van der Waals surface area contributed by atoms with E-state index in [0.29, 0.717) is 23.6 Å². The number of non-ortho nitro benzene ring substituents is 1. The maximum atomic E-state index is 12.4. The first-order valence-corrected chi connectivity index (χ1v) is 7.17. The predicted octanol–water partition coefficient (Wildman–Crippen LogP) is 2.88. The zero-order chi connectivity index (χ0) is 17.7. The molecule has 0 saturated heterocycles. The number of nitro benzene ring substituents is 1. The third-order valence-corrected chi connectivity index (χ3v) is 3.57. The Balaban J connectivity index is 2.15. The van der Waals surface area contributed by atoms with Crippen molar-refractivity contribution in [3.05, 3.63) is 63.7 Å². The average molecular weight is 330 g/mol. The van der Waals surface area contributed by atoms with Gasteiger partial charge in [0.1, 0.15) is 11.5 Å². The number of ether oxygens (including phenoxy) is 2. The van der Waals surface area contributed by atoms with E-state index >= 15 is 0 Å². The molecule has 2 rings (SSSR count). The molecule has 1 amide bonds. The number of nitrogens with zero attached hydrogens (tertiary/aromatic N) is 2. The van der Waals surface area contributed by atoms with Gasteiger partial charge in [0, 0.05) is 42.9 Å². The number of hydrogen-bond donors (Lipinski definition) is 0. The maximum absolute atomic E-state index is 12.4. The molecule has 0 spiro atoms. The van der Waals surface area contributed by atoms with E-state index in [4.69, 9.17) is 9.47 Å². The van der Waals surface area contributed by atoms with Crippen molar-refractivity contribution in [3.63, 3.8) is 0 Å². The summed E-state index contributed by atoms with van der Waals surface area (Å²) in [7, 11) is 4.78. The molecule has 7 nitrogen and oxygen atoms in total. The van der Waals surface area contributed by atoms with Crippen molar-refractivity contribution in [1.29, 1.82) is 0 Å². The van der Waals surface area contributed by atoms with Crippen LogP contribution < -0.4 is 9.47 Å². The van der Waals surface area contributed by atoms with Crippen LogP contribution in [0.5, 0.6) is 11.5 Å². The molecule has 0 atom stereocenters. The van der Waals surface area contributed by atoms with Gasteiger partial charge < -0.3 is 14.4 Å². The molecule has 0 aliphatic heterocycles. The average Bonchev–Trinajstić information content (AvgIpc) is 2.61. The highest BCUT2D eigenvalue weighted by Crippen LogP contribution is 2.26. The molecular formula is C17H18N2O5. The van der Waals surface area contributed by atoms with E-state index in [2.05, 4.69) is 0 Å². The molecule has 0 fully saturated rings. The molecule has 24 heavy (non-hydrogen) atoms. The van der Waals surface area contributed by atoms with Crippen LogP contribution in [0, 0.1) is 10.1 Å². The summed E-state index contributed by atoms with van der Waals surface area (Å²) in [5, 5.41) is 10.7. The summed E-state index contributed by atoms with van der Waals surface area (Å²) in [6, 6.07) is 10.9. The number of amides is 1. The van der Waals surface area contributed by atoms with Gasteiger partial charge in [-0.15, -0.1) is 0 Å². The van der Waals surface area contributed by atoms with Gasteiger partial charge in [0.2, 0.25) is 0 Å². The van der Waals surface area contributed by atoms with Crippen LogP contribution >= 0.6 is 0 Å². The van der Waals surface area contributed by atoms with Gasteiger partial charge in [-0.1, -0.05) is 0 Å². The third kappa shape index (κ3) is 3.81. The molecule has 2 aromatic rings. The minimum absolute atomic E-state index is 0.0500. The van der Waals surface area contributed by atoms with Gasteiger partial charge >= 0.3 is 0 Å². The molecule has 0 radical (unpaired) electrons. The lowest BCUT2D eigenvalue weighted by Crippen LogP contribution is -2.26. The van der Waals surface area contributed by atoms with Crippen LogP contribution in [0.15, 0.2) is 42.5 Å². The maximum Gasteiger partial charge on any atom is 0.269 e. The molecule has 2 aromatic carbocycles. The summed E-state index contributed by atoms with van der Waals surface area (Å²) in [6.07, 6.45) is 0. The van der Waals surface area contributed by atoms with Gasteiger partial charge in [0.05, 0.1) is 19.1 Å². The zero-order valence-corrected chi connectivity index (χ0v) is 13.7. The Morgan fingerprint density at radius 2 is 1.79 bits per heavy atom. The van der Waals surface area contributed by atoms with Crippen LogP contribution in [0.3, 0.4) is 0 Å². The molecule has 0 aliphatic carbocycles. The number of nitro groups is 1. The molecular weight excluding hydrogens is 312 g/mol. The molecule has 7 heteroatoms.